The number of carbonyl (C=O) groups is 2. The number of amides is 1. The van der Waals surface area contributed by atoms with Crippen LogP contribution in [0.15, 0.2) is 48.5 Å². The lowest BCUT2D eigenvalue weighted by molar-refractivity contribution is -0.122. The van der Waals surface area contributed by atoms with Crippen molar-refractivity contribution in [1.29, 1.82) is 0 Å². The van der Waals surface area contributed by atoms with Crippen LogP contribution in [-0.2, 0) is 29.1 Å². The third kappa shape index (κ3) is 6.81. The molecule has 4 heteroatoms. The normalized spacial score (nSPS) is 13.2. The van der Waals surface area contributed by atoms with Crippen LogP contribution in [0.4, 0.5) is 0 Å². The second kappa shape index (κ2) is 10.5. The predicted octanol–water partition coefficient (Wildman–Crippen LogP) is 3.26. The molecule has 3 rings (SSSR count). The number of nitrogens with one attached hydrogen (secondary N) is 1. The molecule has 0 saturated carbocycles. The van der Waals surface area contributed by atoms with Crippen LogP contribution >= 0.6 is 0 Å². The van der Waals surface area contributed by atoms with Gasteiger partial charge in [0, 0.05) is 32.5 Å². The van der Waals surface area contributed by atoms with Crippen molar-refractivity contribution in [3.8, 4) is 0 Å². The average molecular weight is 352 g/mol. The van der Waals surface area contributed by atoms with Gasteiger partial charge in [-0.2, -0.15) is 0 Å². The highest BCUT2D eigenvalue weighted by molar-refractivity contribution is 5.78. The van der Waals surface area contributed by atoms with Gasteiger partial charge >= 0.3 is 0 Å². The van der Waals surface area contributed by atoms with Crippen molar-refractivity contribution in [3.05, 3.63) is 70.8 Å². The van der Waals surface area contributed by atoms with Gasteiger partial charge in [-0.15, -0.1) is 0 Å². The first kappa shape index (κ1) is 19.9. The lowest BCUT2D eigenvalue weighted by Gasteiger charge is -2.24. The summed E-state index contributed by atoms with van der Waals surface area (Å²) in [5.74, 6) is -0.0800. The molecule has 1 heterocycles. The van der Waals surface area contributed by atoms with E-state index in [1.165, 1.54) is 29.7 Å². The van der Waals surface area contributed by atoms with Gasteiger partial charge in [-0.3, -0.25) is 4.79 Å². The van der Waals surface area contributed by atoms with Crippen molar-refractivity contribution >= 4 is 12.2 Å². The standard InChI is InChI=1S/C12H15NO2.C10H13N/c1-10-4-2-5-11(8-10)9-13-12(15)6-3-7-14;1-11-7-6-9-4-2-3-5-10(9)8-11/h2,4-5,7-8H,3,6,9H2,1H3,(H,13,15);2-5H,6-8H2,1H3. The summed E-state index contributed by atoms with van der Waals surface area (Å²) >= 11 is 0. The Labute approximate surface area is 156 Å². The summed E-state index contributed by atoms with van der Waals surface area (Å²) in [6, 6.07) is 16.7. The van der Waals surface area contributed by atoms with Gasteiger partial charge in [0.15, 0.2) is 0 Å². The highest BCUT2D eigenvalue weighted by atomic mass is 16.1. The second-order valence-electron chi connectivity index (χ2n) is 6.73. The predicted molar refractivity (Wildman–Crippen MR) is 105 cm³/mol. The van der Waals surface area contributed by atoms with E-state index in [4.69, 9.17) is 0 Å². The molecular formula is C22H28N2O2. The molecule has 2 aromatic carbocycles. The minimum Gasteiger partial charge on any atom is -0.352 e. The zero-order valence-electron chi connectivity index (χ0n) is 15.7. The van der Waals surface area contributed by atoms with E-state index < -0.39 is 0 Å². The van der Waals surface area contributed by atoms with Crippen molar-refractivity contribution < 1.29 is 9.59 Å². The summed E-state index contributed by atoms with van der Waals surface area (Å²) in [7, 11) is 2.18. The topological polar surface area (TPSA) is 49.4 Å². The Bertz CT molecular complexity index is 728. The number of hydrogen-bond donors (Lipinski definition) is 1. The summed E-state index contributed by atoms with van der Waals surface area (Å²) in [4.78, 5) is 23.6. The van der Waals surface area contributed by atoms with Gasteiger partial charge < -0.3 is 15.0 Å². The van der Waals surface area contributed by atoms with E-state index in [1.54, 1.807) is 0 Å². The average Bonchev–Trinajstić information content (AvgIpc) is 2.65. The van der Waals surface area contributed by atoms with E-state index in [9.17, 15) is 9.59 Å². The molecule has 0 aliphatic carbocycles. The molecule has 0 aromatic heterocycles. The number of benzene rings is 2. The molecule has 0 saturated heterocycles. The quantitative estimate of drug-likeness (QED) is 0.840. The summed E-state index contributed by atoms with van der Waals surface area (Å²) in [5, 5.41) is 2.76. The van der Waals surface area contributed by atoms with E-state index in [0.717, 1.165) is 18.4 Å². The van der Waals surface area contributed by atoms with Crippen LogP contribution in [-0.4, -0.2) is 30.7 Å². The summed E-state index contributed by atoms with van der Waals surface area (Å²) in [5.41, 5.74) is 5.29. The second-order valence-corrected chi connectivity index (χ2v) is 6.73. The molecular weight excluding hydrogens is 324 g/mol. The molecule has 0 bridgehead atoms. The lowest BCUT2D eigenvalue weighted by Crippen LogP contribution is -2.26. The molecule has 138 valence electrons. The third-order valence-electron chi connectivity index (χ3n) is 4.38. The molecule has 26 heavy (non-hydrogen) atoms. The van der Waals surface area contributed by atoms with Crippen LogP contribution in [0, 0.1) is 6.92 Å². The Balaban J connectivity index is 0.000000195. The van der Waals surface area contributed by atoms with Crippen LogP contribution in [0.25, 0.3) is 0 Å². The highest BCUT2D eigenvalue weighted by Gasteiger charge is 2.10. The Morgan fingerprint density at radius 2 is 1.92 bits per heavy atom. The van der Waals surface area contributed by atoms with Gasteiger partial charge in [0.1, 0.15) is 6.29 Å². The van der Waals surface area contributed by atoms with Gasteiger partial charge in [-0.05, 0) is 37.1 Å². The van der Waals surface area contributed by atoms with Crippen LogP contribution in [0.1, 0.15) is 35.1 Å². The highest BCUT2D eigenvalue weighted by Crippen LogP contribution is 2.16. The first-order chi connectivity index (χ1) is 12.6. The van der Waals surface area contributed by atoms with Gasteiger partial charge in [-0.1, -0.05) is 54.1 Å². The molecule has 0 radical (unpaired) electrons. The molecule has 0 spiro atoms. The van der Waals surface area contributed by atoms with E-state index in [2.05, 4.69) is 41.5 Å². The molecule has 0 fully saturated rings. The number of likely N-dealkylation sites (N-methyl/N-ethyl adjacent to an activating group) is 1. The van der Waals surface area contributed by atoms with Gasteiger partial charge in [0.05, 0.1) is 0 Å². The maximum Gasteiger partial charge on any atom is 0.220 e. The van der Waals surface area contributed by atoms with Crippen LogP contribution in [0.3, 0.4) is 0 Å². The number of hydrogen-bond acceptors (Lipinski definition) is 3. The number of carbonyl (C=O) groups excluding carboxylic acids is 2. The van der Waals surface area contributed by atoms with Crippen molar-refractivity contribution in [1.82, 2.24) is 10.2 Å². The molecule has 4 nitrogen and oxygen atoms in total. The van der Waals surface area contributed by atoms with Gasteiger partial charge in [0.25, 0.3) is 0 Å². The number of fused-ring (bicyclic) bond motifs is 1. The molecule has 1 aliphatic heterocycles. The first-order valence-electron chi connectivity index (χ1n) is 9.09. The van der Waals surface area contributed by atoms with Crippen LogP contribution in [0.2, 0.25) is 0 Å². The summed E-state index contributed by atoms with van der Waals surface area (Å²) in [6.07, 6.45) is 2.54. The zero-order chi connectivity index (χ0) is 18.8. The van der Waals surface area contributed by atoms with E-state index in [0.29, 0.717) is 13.0 Å². The lowest BCUT2D eigenvalue weighted by atomic mass is 10.0. The fourth-order valence-electron chi connectivity index (χ4n) is 2.94. The molecule has 0 atom stereocenters. The minimum absolute atomic E-state index is 0.0800. The van der Waals surface area contributed by atoms with E-state index in [1.807, 2.05) is 31.2 Å². The van der Waals surface area contributed by atoms with Crippen molar-refractivity contribution in [2.24, 2.45) is 0 Å². The van der Waals surface area contributed by atoms with E-state index in [-0.39, 0.29) is 12.3 Å². The fourth-order valence-corrected chi connectivity index (χ4v) is 2.94. The summed E-state index contributed by atoms with van der Waals surface area (Å²) < 4.78 is 0. The molecule has 1 amide bonds. The van der Waals surface area contributed by atoms with E-state index >= 15 is 0 Å². The fraction of sp³-hybridized carbons (Fsp3) is 0.364. The smallest absolute Gasteiger partial charge is 0.220 e. The Morgan fingerprint density at radius 1 is 1.15 bits per heavy atom. The SMILES string of the molecule is CN1CCc2ccccc2C1.Cc1cccc(CNC(=O)CCC=O)c1. The number of aryl methyl sites for hydroxylation is 1. The third-order valence-corrected chi connectivity index (χ3v) is 4.38. The van der Waals surface area contributed by atoms with Gasteiger partial charge in [-0.25, -0.2) is 0 Å². The molecule has 1 aliphatic rings. The van der Waals surface area contributed by atoms with Gasteiger partial charge in [0.2, 0.25) is 5.91 Å². The maximum atomic E-state index is 11.2. The van der Waals surface area contributed by atoms with Crippen LogP contribution in [0.5, 0.6) is 0 Å². The van der Waals surface area contributed by atoms with Crippen molar-refractivity contribution in [2.75, 3.05) is 13.6 Å². The van der Waals surface area contributed by atoms with Crippen LogP contribution < -0.4 is 5.32 Å². The zero-order valence-corrected chi connectivity index (χ0v) is 15.7. The Morgan fingerprint density at radius 3 is 2.65 bits per heavy atom. The van der Waals surface area contributed by atoms with Crippen molar-refractivity contribution in [3.63, 3.8) is 0 Å². The molecule has 0 unspecified atom stereocenters. The Kier molecular flexibility index (Phi) is 8.03. The first-order valence-corrected chi connectivity index (χ1v) is 9.09. The number of aldehydes is 1. The van der Waals surface area contributed by atoms with Crippen molar-refractivity contribution in [2.45, 2.75) is 39.3 Å². The minimum atomic E-state index is -0.0800. The molecule has 2 aromatic rings. The monoisotopic (exact) mass is 352 g/mol. The summed E-state index contributed by atoms with van der Waals surface area (Å²) in [6.45, 7) is 4.87. The number of nitrogens with zero attached hydrogens (tertiary/aromatic N) is 1. The maximum absolute atomic E-state index is 11.2. The molecule has 1 N–H and O–H groups in total. The largest absolute Gasteiger partial charge is 0.352 e. The number of rotatable bonds is 5. The Hall–Kier alpha value is -2.46.